The molecule has 0 saturated carbocycles. The Morgan fingerprint density at radius 2 is 2.07 bits per heavy atom. The van der Waals surface area contributed by atoms with E-state index in [1.165, 1.54) is 0 Å². The summed E-state index contributed by atoms with van der Waals surface area (Å²) in [6.07, 6.45) is 1.67. The molecule has 76 valence electrons. The van der Waals surface area contributed by atoms with Gasteiger partial charge in [-0.25, -0.2) is 0 Å². The molecular weight excluding hydrogens is 178 g/mol. The van der Waals surface area contributed by atoms with Crippen molar-refractivity contribution >= 4 is 5.97 Å². The molecule has 0 aliphatic carbocycles. The molecule has 1 rings (SSSR count). The third kappa shape index (κ3) is 2.83. The molecule has 0 unspecified atom stereocenters. The molecule has 0 bridgehead atoms. The van der Waals surface area contributed by atoms with E-state index in [2.05, 4.69) is 25.8 Å². The van der Waals surface area contributed by atoms with Gasteiger partial charge in [-0.05, 0) is 11.6 Å². The highest BCUT2D eigenvalue weighted by molar-refractivity contribution is 5.69. The van der Waals surface area contributed by atoms with Gasteiger partial charge in [0, 0.05) is 17.3 Å². The molecule has 0 spiro atoms. The zero-order valence-electron chi connectivity index (χ0n) is 8.74. The molecule has 0 aromatic carbocycles. The number of carbonyl (C=O) groups is 1. The van der Waals surface area contributed by atoms with Crippen LogP contribution in [0.1, 0.15) is 32.0 Å². The average Bonchev–Trinajstić information content (AvgIpc) is 2.02. The minimum absolute atomic E-state index is 0.0156. The van der Waals surface area contributed by atoms with Gasteiger partial charge in [0.15, 0.2) is 0 Å². The van der Waals surface area contributed by atoms with Gasteiger partial charge in [-0.15, -0.1) is 0 Å². The van der Waals surface area contributed by atoms with E-state index >= 15 is 0 Å². The lowest BCUT2D eigenvalue weighted by molar-refractivity contribution is -0.136. The van der Waals surface area contributed by atoms with Crippen LogP contribution in [0.15, 0.2) is 18.3 Å². The maximum absolute atomic E-state index is 10.4. The second-order valence-corrected chi connectivity index (χ2v) is 4.37. The zero-order valence-corrected chi connectivity index (χ0v) is 8.74. The highest BCUT2D eigenvalue weighted by atomic mass is 16.4. The number of carboxylic acid groups (broad SMARTS) is 1. The maximum Gasteiger partial charge on any atom is 0.307 e. The van der Waals surface area contributed by atoms with Crippen molar-refractivity contribution < 1.29 is 9.90 Å². The van der Waals surface area contributed by atoms with Crippen LogP contribution in [-0.2, 0) is 16.6 Å². The molecule has 1 aromatic rings. The molecule has 0 amide bonds. The van der Waals surface area contributed by atoms with Crippen LogP contribution in [-0.4, -0.2) is 16.1 Å². The van der Waals surface area contributed by atoms with Crippen molar-refractivity contribution in [3.8, 4) is 0 Å². The predicted octanol–water partition coefficient (Wildman–Crippen LogP) is 2.01. The number of hydrogen-bond donors (Lipinski definition) is 1. The Kier molecular flexibility index (Phi) is 2.89. The summed E-state index contributed by atoms with van der Waals surface area (Å²) in [5, 5.41) is 8.57. The molecule has 0 saturated heterocycles. The van der Waals surface area contributed by atoms with E-state index in [-0.39, 0.29) is 11.8 Å². The molecule has 3 heteroatoms. The molecule has 0 atom stereocenters. The van der Waals surface area contributed by atoms with Crippen molar-refractivity contribution in [2.75, 3.05) is 0 Å². The molecule has 0 aliphatic rings. The van der Waals surface area contributed by atoms with Gasteiger partial charge in [0.25, 0.3) is 0 Å². The van der Waals surface area contributed by atoms with Crippen molar-refractivity contribution in [2.24, 2.45) is 0 Å². The van der Waals surface area contributed by atoms with E-state index in [4.69, 9.17) is 5.11 Å². The van der Waals surface area contributed by atoms with Gasteiger partial charge >= 0.3 is 5.97 Å². The van der Waals surface area contributed by atoms with Crippen molar-refractivity contribution in [2.45, 2.75) is 32.6 Å². The third-order valence-electron chi connectivity index (χ3n) is 1.95. The number of nitrogens with zero attached hydrogens (tertiary/aromatic N) is 1. The smallest absolute Gasteiger partial charge is 0.307 e. The van der Waals surface area contributed by atoms with Crippen molar-refractivity contribution in [1.29, 1.82) is 0 Å². The molecule has 0 aliphatic heterocycles. The molecule has 0 radical (unpaired) electrons. The summed E-state index contributed by atoms with van der Waals surface area (Å²) in [4.78, 5) is 14.7. The second-order valence-electron chi connectivity index (χ2n) is 4.37. The van der Waals surface area contributed by atoms with Crippen LogP contribution in [0.5, 0.6) is 0 Å². The van der Waals surface area contributed by atoms with Gasteiger partial charge in [-0.2, -0.15) is 0 Å². The van der Waals surface area contributed by atoms with Gasteiger partial charge in [0.1, 0.15) is 0 Å². The van der Waals surface area contributed by atoms with Crippen molar-refractivity contribution in [3.63, 3.8) is 0 Å². The highest BCUT2D eigenvalue weighted by Gasteiger charge is 2.14. The van der Waals surface area contributed by atoms with Crippen molar-refractivity contribution in [1.82, 2.24) is 4.98 Å². The summed E-state index contributed by atoms with van der Waals surface area (Å²) in [5.74, 6) is -0.824. The van der Waals surface area contributed by atoms with Gasteiger partial charge in [-0.3, -0.25) is 9.78 Å². The van der Waals surface area contributed by atoms with Crippen LogP contribution in [0.25, 0.3) is 0 Å². The Labute approximate surface area is 83.8 Å². The summed E-state index contributed by atoms with van der Waals surface area (Å²) in [6.45, 7) is 6.23. The Bertz CT molecular complexity index is 322. The lowest BCUT2D eigenvalue weighted by Crippen LogP contribution is -2.13. The Morgan fingerprint density at radius 3 is 2.43 bits per heavy atom. The first-order valence-corrected chi connectivity index (χ1v) is 4.57. The first-order chi connectivity index (χ1) is 6.39. The molecule has 1 N–H and O–H groups in total. The van der Waals surface area contributed by atoms with Crippen molar-refractivity contribution in [3.05, 3.63) is 29.6 Å². The lowest BCUT2D eigenvalue weighted by Gasteiger charge is -2.17. The van der Waals surface area contributed by atoms with Gasteiger partial charge in [0.05, 0.1) is 6.42 Å². The fourth-order valence-corrected chi connectivity index (χ4v) is 1.15. The number of aliphatic carboxylic acids is 1. The van der Waals surface area contributed by atoms with E-state index < -0.39 is 5.97 Å². The molecule has 1 heterocycles. The predicted molar refractivity (Wildman–Crippen MR) is 54.3 cm³/mol. The van der Waals surface area contributed by atoms with E-state index in [0.29, 0.717) is 0 Å². The normalized spacial score (nSPS) is 11.4. The molecule has 14 heavy (non-hydrogen) atoms. The quantitative estimate of drug-likeness (QED) is 0.781. The summed E-state index contributed by atoms with van der Waals surface area (Å²) in [7, 11) is 0. The summed E-state index contributed by atoms with van der Waals surface area (Å²) < 4.78 is 0. The Morgan fingerprint density at radius 1 is 1.43 bits per heavy atom. The van der Waals surface area contributed by atoms with Crippen LogP contribution >= 0.6 is 0 Å². The van der Waals surface area contributed by atoms with E-state index in [0.717, 1.165) is 11.3 Å². The molecule has 1 aromatic heterocycles. The fraction of sp³-hybridized carbons (Fsp3) is 0.455. The van der Waals surface area contributed by atoms with E-state index in [1.54, 1.807) is 6.20 Å². The first kappa shape index (κ1) is 10.7. The fourth-order valence-electron chi connectivity index (χ4n) is 1.15. The van der Waals surface area contributed by atoms with E-state index in [9.17, 15) is 4.79 Å². The second kappa shape index (κ2) is 3.78. The van der Waals surface area contributed by atoms with Crippen LogP contribution < -0.4 is 0 Å². The molecule has 0 fully saturated rings. The van der Waals surface area contributed by atoms with Crippen LogP contribution in [0.2, 0.25) is 0 Å². The number of rotatable bonds is 2. The summed E-state index contributed by atoms with van der Waals surface area (Å²) >= 11 is 0. The first-order valence-electron chi connectivity index (χ1n) is 4.57. The maximum atomic E-state index is 10.4. The topological polar surface area (TPSA) is 50.2 Å². The van der Waals surface area contributed by atoms with Crippen LogP contribution in [0.4, 0.5) is 0 Å². The van der Waals surface area contributed by atoms with Gasteiger partial charge in [-0.1, -0.05) is 26.8 Å². The van der Waals surface area contributed by atoms with Gasteiger partial charge < -0.3 is 5.11 Å². The molecular formula is C11H15NO2. The minimum Gasteiger partial charge on any atom is -0.481 e. The standard InChI is InChI=1S/C11H15NO2/c1-11(2,3)9-5-4-8(7-12-9)6-10(13)14/h4-5,7H,6H2,1-3H3,(H,13,14). The highest BCUT2D eigenvalue weighted by Crippen LogP contribution is 2.19. The Hall–Kier alpha value is -1.38. The summed E-state index contributed by atoms with van der Waals surface area (Å²) in [6, 6.07) is 3.71. The number of pyridine rings is 1. The SMILES string of the molecule is CC(C)(C)c1ccc(CC(=O)O)cn1. The van der Waals surface area contributed by atoms with Crippen LogP contribution in [0.3, 0.4) is 0 Å². The molecule has 3 nitrogen and oxygen atoms in total. The number of hydrogen-bond acceptors (Lipinski definition) is 2. The lowest BCUT2D eigenvalue weighted by atomic mass is 9.91. The third-order valence-corrected chi connectivity index (χ3v) is 1.95. The van der Waals surface area contributed by atoms with E-state index in [1.807, 2.05) is 12.1 Å². The Balaban J connectivity index is 2.84. The number of carboxylic acids is 1. The monoisotopic (exact) mass is 193 g/mol. The van der Waals surface area contributed by atoms with Crippen LogP contribution in [0, 0.1) is 0 Å². The van der Waals surface area contributed by atoms with Gasteiger partial charge in [0.2, 0.25) is 0 Å². The average molecular weight is 193 g/mol. The minimum atomic E-state index is -0.824. The number of aromatic nitrogens is 1. The zero-order chi connectivity index (χ0) is 10.8. The largest absolute Gasteiger partial charge is 0.481 e. The summed E-state index contributed by atoms with van der Waals surface area (Å²) in [5.41, 5.74) is 1.74.